The molecule has 0 spiro atoms. The number of benzene rings is 9. The summed E-state index contributed by atoms with van der Waals surface area (Å²) in [6, 6.07) is 35.2. The molecule has 110 heavy (non-hydrogen) atoms. The van der Waals surface area contributed by atoms with Crippen LogP contribution in [0.15, 0.2) is 121 Å². The zero-order chi connectivity index (χ0) is 78.4. The number of carbonyl (C=O) groups excluding carboxylic acids is 6. The zero-order valence-electron chi connectivity index (χ0n) is 66.0. The Morgan fingerprint density at radius 2 is 0.609 bits per heavy atom. The number of carbonyl (C=O) groups is 6. The lowest BCUT2D eigenvalue weighted by Gasteiger charge is -2.37. The van der Waals surface area contributed by atoms with Crippen LogP contribution in [0.3, 0.4) is 0 Å². The largest absolute Gasteiger partial charge is 0.500 e. The van der Waals surface area contributed by atoms with Gasteiger partial charge >= 0.3 is 29.5 Å². The van der Waals surface area contributed by atoms with Gasteiger partial charge in [0.25, 0.3) is 23.6 Å². The van der Waals surface area contributed by atoms with Crippen molar-refractivity contribution in [2.24, 2.45) is 11.8 Å². The van der Waals surface area contributed by atoms with Gasteiger partial charge in [0, 0.05) is 97.8 Å². The smallest absolute Gasteiger partial charge is 0.461 e. The third-order valence-electron chi connectivity index (χ3n) is 23.0. The first-order chi connectivity index (χ1) is 52.8. The van der Waals surface area contributed by atoms with Crippen molar-refractivity contribution in [3.63, 3.8) is 0 Å². The highest BCUT2D eigenvalue weighted by atomic mass is 28.4. The summed E-state index contributed by atoms with van der Waals surface area (Å²) in [7, 11) is 3.39. The van der Waals surface area contributed by atoms with Crippen LogP contribution in [0.25, 0.3) is 43.1 Å². The molecule has 2 aliphatic carbocycles. The molecule has 4 amide bonds. The Labute approximate surface area is 646 Å². The lowest BCUT2D eigenvalue weighted by Crippen LogP contribution is -2.51. The fourth-order valence-corrected chi connectivity index (χ4v) is 20.9. The summed E-state index contributed by atoms with van der Waals surface area (Å²) in [5.74, 6) is -2.00. The Bertz CT molecular complexity index is 4380. The van der Waals surface area contributed by atoms with Crippen LogP contribution in [-0.2, 0) is 45.6 Å². The van der Waals surface area contributed by atoms with Crippen LogP contribution in [0, 0.1) is 11.8 Å². The van der Waals surface area contributed by atoms with E-state index in [2.05, 4.69) is 55.4 Å². The topological polar surface area (TPSA) is 220 Å². The molecule has 9 aromatic carbocycles. The highest BCUT2D eigenvalue weighted by Crippen LogP contribution is 2.59. The molecule has 9 aromatic rings. The molecule has 22 heteroatoms. The molecular formula is C88H102N2O18Si2. The predicted octanol–water partition coefficient (Wildman–Crippen LogP) is 20.1. The van der Waals surface area contributed by atoms with Gasteiger partial charge in [-0.15, -0.1) is 0 Å². The molecule has 0 saturated heterocycles. The highest BCUT2D eigenvalue weighted by molar-refractivity contribution is 6.61. The molecule has 2 heterocycles. The minimum absolute atomic E-state index is 0.000610. The van der Waals surface area contributed by atoms with Crippen molar-refractivity contribution in [3.05, 3.63) is 166 Å². The van der Waals surface area contributed by atoms with Crippen LogP contribution < -0.4 is 18.9 Å². The van der Waals surface area contributed by atoms with E-state index < -0.39 is 77.5 Å². The van der Waals surface area contributed by atoms with E-state index in [0.29, 0.717) is 93.1 Å². The van der Waals surface area contributed by atoms with Gasteiger partial charge in [-0.3, -0.25) is 29.0 Å². The molecule has 13 rings (SSSR count). The van der Waals surface area contributed by atoms with Crippen molar-refractivity contribution < 1.29 is 83.7 Å². The lowest BCUT2D eigenvalue weighted by molar-refractivity contribution is -0.157. The molecule has 0 N–H and O–H groups in total. The first kappa shape index (κ1) is 79.0. The maximum atomic E-state index is 16.4. The van der Waals surface area contributed by atoms with E-state index >= 15 is 28.8 Å². The average Bonchev–Trinajstić information content (AvgIpc) is 0.670. The maximum Gasteiger partial charge on any atom is 0.500 e. The zero-order valence-corrected chi connectivity index (χ0v) is 68.0. The lowest BCUT2D eigenvalue weighted by atomic mass is 9.80. The van der Waals surface area contributed by atoms with Crippen molar-refractivity contribution in [3.8, 4) is 46.0 Å². The third kappa shape index (κ3) is 15.1. The second-order valence-corrected chi connectivity index (χ2v) is 37.0. The number of hydrogen-bond donors (Lipinski definition) is 0. The average molecular weight is 1530 g/mol. The van der Waals surface area contributed by atoms with E-state index in [9.17, 15) is 0 Å². The first-order valence-electron chi connectivity index (χ1n) is 38.8. The summed E-state index contributed by atoms with van der Waals surface area (Å²) in [6.07, 6.45) is 4.16. The second-order valence-electron chi connectivity index (χ2n) is 31.0. The van der Waals surface area contributed by atoms with Gasteiger partial charge < -0.3 is 55.0 Å². The minimum Gasteiger partial charge on any atom is -0.461 e. The Morgan fingerprint density at radius 3 is 0.827 bits per heavy atom. The van der Waals surface area contributed by atoms with Crippen LogP contribution in [-0.4, -0.2) is 130 Å². The number of amides is 4. The van der Waals surface area contributed by atoms with Crippen molar-refractivity contribution in [2.75, 3.05) is 42.7 Å². The fourth-order valence-electron chi connectivity index (χ4n) is 16.8. The molecule has 4 aliphatic rings. The summed E-state index contributed by atoms with van der Waals surface area (Å²) < 4.78 is 77.1. The van der Waals surface area contributed by atoms with E-state index in [1.165, 1.54) is 0 Å². The molecule has 2 saturated carbocycles. The number of hydrogen-bond acceptors (Lipinski definition) is 18. The molecule has 0 aromatic heterocycles. The highest BCUT2D eigenvalue weighted by Gasteiger charge is 2.49. The van der Waals surface area contributed by atoms with E-state index in [4.69, 9.17) is 55.0 Å². The Morgan fingerprint density at radius 1 is 0.364 bits per heavy atom. The van der Waals surface area contributed by atoms with Crippen molar-refractivity contribution >= 4 is 96.3 Å². The Hall–Kier alpha value is -9.11. The summed E-state index contributed by atoms with van der Waals surface area (Å²) in [5, 5.41) is 2.26. The monoisotopic (exact) mass is 1530 g/mol. The van der Waals surface area contributed by atoms with Crippen LogP contribution in [0.4, 0.5) is 0 Å². The SMILES string of the molecule is CCC(C(=O)OC1CCCC(C[Si](OC)(OC)OC)C1)N1C(=O)c2cc(Oc3ccc(C(C)C)cc3)c3c4c(Oc5ccc(C(C)C)cc5)cc5c6c(cc(Oc7ccc(C(C)C)cc7)c(c7c(Oc8ccc(C(C)C)cc8)cc(c2c37)C1=O)c64)C(=O)N(C(CC)C(=O)OC1CCCC(C[Si](OC)(OC)OC)C1)C5=O. The number of fused-ring (bicyclic) bond motifs is 2. The molecule has 6 unspecified atom stereocenters. The molecule has 580 valence electrons. The van der Waals surface area contributed by atoms with E-state index in [-0.39, 0.29) is 104 Å². The summed E-state index contributed by atoms with van der Waals surface area (Å²) in [6.45, 7) is 20.2. The molecular weight excluding hydrogens is 1430 g/mol. The first-order valence-corrected chi connectivity index (χ1v) is 42.7. The van der Waals surface area contributed by atoms with E-state index in [1.807, 2.05) is 97.1 Å². The third-order valence-corrected chi connectivity index (χ3v) is 28.9. The van der Waals surface area contributed by atoms with Crippen molar-refractivity contribution in [2.45, 2.75) is 193 Å². The van der Waals surface area contributed by atoms with E-state index in [1.54, 1.807) is 80.8 Å². The molecule has 2 aliphatic heterocycles. The summed E-state index contributed by atoms with van der Waals surface area (Å²) in [5.41, 5.74) is 4.23. The minimum atomic E-state index is -3.03. The van der Waals surface area contributed by atoms with Gasteiger partial charge in [-0.1, -0.05) is 131 Å². The van der Waals surface area contributed by atoms with Gasteiger partial charge in [0.05, 0.1) is 22.3 Å². The van der Waals surface area contributed by atoms with Crippen LogP contribution in [0.2, 0.25) is 12.1 Å². The molecule has 0 radical (unpaired) electrons. The standard InChI is InChI=1S/C88H102N2O18Si2/c1-17-69(87(95)107-63-23-19-21-53(41-63)47-109(97-11,98-12)99-13)89-83(91)65-43-71(103-59-33-25-55(26-34-59)49(3)4)77-79-73(105-61-37-29-57(30-38-61)51(7)8)45-67-76-68(86(94)90(85(67)93)70(18-2)88(96)108-64-24-20-22-54(42-64)48-110(100-14,101-15)102-16)46-74(106-62-39-31-58(32-40-62)52(9)10)80(82(76)79)78-72(44-66(84(89)92)75(65)81(77)78)104-60-35-27-56(28-36-60)50(5)6/h25-40,43-46,49-54,63-64,69-70H,17-24,41-42,47-48H2,1-16H3. The second kappa shape index (κ2) is 32.7. The normalized spacial score (nSPS) is 18.3. The van der Waals surface area contributed by atoms with Gasteiger partial charge in [-0.2, -0.15) is 0 Å². The molecule has 6 atom stereocenters. The van der Waals surface area contributed by atoms with Gasteiger partial charge in [-0.05, 0) is 182 Å². The van der Waals surface area contributed by atoms with Crippen molar-refractivity contribution in [1.29, 1.82) is 0 Å². The molecule has 2 fully saturated rings. The van der Waals surface area contributed by atoms with Gasteiger partial charge in [-0.25, -0.2) is 9.59 Å². The fraction of sp³-hybridized carbons (Fsp3) is 0.432. The summed E-state index contributed by atoms with van der Waals surface area (Å²) >= 11 is 0. The van der Waals surface area contributed by atoms with Gasteiger partial charge in [0.15, 0.2) is 0 Å². The number of imide groups is 2. The quantitative estimate of drug-likeness (QED) is 0.0134. The number of rotatable bonds is 30. The molecule has 20 nitrogen and oxygen atoms in total. The van der Waals surface area contributed by atoms with Crippen LogP contribution >= 0.6 is 0 Å². The number of ether oxygens (including phenoxy) is 6. The number of nitrogens with zero attached hydrogens (tertiary/aromatic N) is 2. The van der Waals surface area contributed by atoms with Crippen molar-refractivity contribution in [1.82, 2.24) is 9.80 Å². The van der Waals surface area contributed by atoms with Gasteiger partial charge in [0.1, 0.15) is 70.3 Å². The van der Waals surface area contributed by atoms with Gasteiger partial charge in [0.2, 0.25) is 0 Å². The molecule has 0 bridgehead atoms. The predicted molar refractivity (Wildman–Crippen MR) is 426 cm³/mol. The Balaban J connectivity index is 1.09. The maximum absolute atomic E-state index is 16.4. The van der Waals surface area contributed by atoms with E-state index in [0.717, 1.165) is 57.7 Å². The summed E-state index contributed by atoms with van der Waals surface area (Å²) in [4.78, 5) is 98.1. The van der Waals surface area contributed by atoms with Crippen LogP contribution in [0.1, 0.15) is 221 Å². The Kier molecular flexibility index (Phi) is 23.5. The van der Waals surface area contributed by atoms with Crippen LogP contribution in [0.5, 0.6) is 46.0 Å². The number of esters is 2.